The number of carbonyl (C=O) groups is 1. The first-order valence-electron chi connectivity index (χ1n) is 6.12. The predicted octanol–water partition coefficient (Wildman–Crippen LogP) is 2.99. The van der Waals surface area contributed by atoms with Gasteiger partial charge >= 0.3 is 5.97 Å². The van der Waals surface area contributed by atoms with Gasteiger partial charge in [0.25, 0.3) is 0 Å². The van der Waals surface area contributed by atoms with Crippen LogP contribution in [0, 0.1) is 6.92 Å². The molecule has 0 aliphatic heterocycles. The molecule has 0 unspecified atom stereocenters. The van der Waals surface area contributed by atoms with Crippen molar-refractivity contribution >= 4 is 27.9 Å². The second-order valence-corrected chi connectivity index (χ2v) is 4.32. The topological polar surface area (TPSA) is 65.5 Å². The minimum Gasteiger partial charge on any atom is -0.466 e. The lowest BCUT2D eigenvalue weighted by Gasteiger charge is -1.98. The normalized spacial score (nSPS) is 11.3. The van der Waals surface area contributed by atoms with Crippen molar-refractivity contribution in [1.82, 2.24) is 5.16 Å². The van der Waals surface area contributed by atoms with E-state index in [2.05, 4.69) is 5.16 Å². The molecule has 0 atom stereocenters. The zero-order valence-corrected chi connectivity index (χ0v) is 10.7. The molecular formula is C14H13NO4. The summed E-state index contributed by atoms with van der Waals surface area (Å²) in [7, 11) is 0. The number of benzene rings is 1. The number of fused-ring (bicyclic) bond motifs is 3. The number of hydrogen-bond donors (Lipinski definition) is 0. The molecule has 19 heavy (non-hydrogen) atoms. The first-order valence-corrected chi connectivity index (χ1v) is 6.12. The molecule has 0 saturated heterocycles. The molecular weight excluding hydrogens is 246 g/mol. The van der Waals surface area contributed by atoms with Gasteiger partial charge in [0, 0.05) is 5.39 Å². The first-order chi connectivity index (χ1) is 9.19. The fourth-order valence-corrected chi connectivity index (χ4v) is 2.21. The van der Waals surface area contributed by atoms with E-state index in [9.17, 15) is 4.79 Å². The number of ether oxygens (including phenoxy) is 1. The zero-order valence-electron chi connectivity index (χ0n) is 10.7. The van der Waals surface area contributed by atoms with Crippen LogP contribution in [0.1, 0.15) is 18.4 Å². The molecule has 0 bridgehead atoms. The monoisotopic (exact) mass is 259 g/mol. The minimum atomic E-state index is -0.310. The molecule has 2 heterocycles. The van der Waals surface area contributed by atoms with E-state index in [1.807, 2.05) is 19.1 Å². The van der Waals surface area contributed by atoms with E-state index < -0.39 is 0 Å². The lowest BCUT2D eigenvalue weighted by molar-refractivity contribution is -0.142. The van der Waals surface area contributed by atoms with Crippen LogP contribution in [0.2, 0.25) is 0 Å². The van der Waals surface area contributed by atoms with Crippen molar-refractivity contribution in [3.05, 3.63) is 29.7 Å². The summed E-state index contributed by atoms with van der Waals surface area (Å²) in [5.74, 6) is 0.501. The lowest BCUT2D eigenvalue weighted by atomic mass is 10.1. The van der Waals surface area contributed by atoms with Crippen molar-refractivity contribution in [2.45, 2.75) is 20.3 Å². The van der Waals surface area contributed by atoms with Crippen LogP contribution < -0.4 is 0 Å². The summed E-state index contributed by atoms with van der Waals surface area (Å²) in [6.45, 7) is 4.01. The molecule has 0 saturated carbocycles. The van der Waals surface area contributed by atoms with Crippen LogP contribution in [0.5, 0.6) is 0 Å². The Hall–Kier alpha value is -2.30. The number of esters is 1. The van der Waals surface area contributed by atoms with Gasteiger partial charge < -0.3 is 13.7 Å². The summed E-state index contributed by atoms with van der Waals surface area (Å²) < 4.78 is 15.8. The molecule has 2 aromatic heterocycles. The van der Waals surface area contributed by atoms with E-state index in [1.54, 1.807) is 13.0 Å². The summed E-state index contributed by atoms with van der Waals surface area (Å²) in [4.78, 5) is 11.6. The van der Waals surface area contributed by atoms with Gasteiger partial charge in [0.1, 0.15) is 17.0 Å². The van der Waals surface area contributed by atoms with Crippen LogP contribution in [-0.2, 0) is 16.0 Å². The maximum Gasteiger partial charge on any atom is 0.312 e. The van der Waals surface area contributed by atoms with Crippen molar-refractivity contribution in [2.24, 2.45) is 0 Å². The van der Waals surface area contributed by atoms with Gasteiger partial charge in [-0.1, -0.05) is 5.16 Å². The van der Waals surface area contributed by atoms with Crippen molar-refractivity contribution in [3.8, 4) is 0 Å². The molecule has 3 aromatic rings. The Kier molecular flexibility index (Phi) is 2.74. The molecule has 0 aliphatic carbocycles. The van der Waals surface area contributed by atoms with Gasteiger partial charge in [0.2, 0.25) is 0 Å². The highest BCUT2D eigenvalue weighted by Gasteiger charge is 2.17. The van der Waals surface area contributed by atoms with Crippen LogP contribution in [0.25, 0.3) is 21.9 Å². The molecule has 0 N–H and O–H groups in total. The van der Waals surface area contributed by atoms with E-state index in [0.29, 0.717) is 17.9 Å². The Morgan fingerprint density at radius 1 is 1.37 bits per heavy atom. The SMILES string of the molecule is CCOC(=O)Cc1noc2ccc3oc(C)cc3c12. The van der Waals surface area contributed by atoms with Crippen LogP contribution >= 0.6 is 0 Å². The molecule has 0 fully saturated rings. The summed E-state index contributed by atoms with van der Waals surface area (Å²) in [5, 5.41) is 5.69. The maximum atomic E-state index is 11.6. The number of aryl methyl sites for hydroxylation is 1. The largest absolute Gasteiger partial charge is 0.466 e. The van der Waals surface area contributed by atoms with Gasteiger partial charge in [0.15, 0.2) is 5.58 Å². The van der Waals surface area contributed by atoms with Crippen LogP contribution in [0.4, 0.5) is 0 Å². The van der Waals surface area contributed by atoms with Crippen LogP contribution in [0.15, 0.2) is 27.1 Å². The van der Waals surface area contributed by atoms with Gasteiger partial charge in [-0.25, -0.2) is 0 Å². The van der Waals surface area contributed by atoms with E-state index in [-0.39, 0.29) is 12.4 Å². The second kappa shape index (κ2) is 4.42. The smallest absolute Gasteiger partial charge is 0.312 e. The fraction of sp³-hybridized carbons (Fsp3) is 0.286. The van der Waals surface area contributed by atoms with Crippen molar-refractivity contribution in [1.29, 1.82) is 0 Å². The highest BCUT2D eigenvalue weighted by atomic mass is 16.5. The van der Waals surface area contributed by atoms with E-state index in [0.717, 1.165) is 22.1 Å². The lowest BCUT2D eigenvalue weighted by Crippen LogP contribution is -2.07. The molecule has 0 radical (unpaired) electrons. The maximum absolute atomic E-state index is 11.6. The Balaban J connectivity index is 2.14. The van der Waals surface area contributed by atoms with Gasteiger partial charge in [-0.2, -0.15) is 0 Å². The molecule has 5 nitrogen and oxygen atoms in total. The summed E-state index contributed by atoms with van der Waals surface area (Å²) in [5.41, 5.74) is 1.99. The highest BCUT2D eigenvalue weighted by molar-refractivity contribution is 6.06. The summed E-state index contributed by atoms with van der Waals surface area (Å²) in [6.07, 6.45) is 0.101. The molecule has 98 valence electrons. The Morgan fingerprint density at radius 3 is 2.95 bits per heavy atom. The molecule has 0 amide bonds. The Labute approximate surface area is 109 Å². The number of furan rings is 1. The first kappa shape index (κ1) is 11.8. The standard InChI is InChI=1S/C14H13NO4/c1-3-17-13(16)7-10-14-9-6-8(2)18-11(9)4-5-12(14)19-15-10/h4-6H,3,7H2,1-2H3. The average Bonchev–Trinajstić information content (AvgIpc) is 2.92. The molecule has 0 aliphatic rings. The van der Waals surface area contributed by atoms with Crippen molar-refractivity contribution in [3.63, 3.8) is 0 Å². The number of hydrogen-bond acceptors (Lipinski definition) is 5. The highest BCUT2D eigenvalue weighted by Crippen LogP contribution is 2.30. The molecule has 0 spiro atoms. The third-order valence-corrected chi connectivity index (χ3v) is 2.95. The number of rotatable bonds is 3. The minimum absolute atomic E-state index is 0.101. The van der Waals surface area contributed by atoms with Crippen molar-refractivity contribution < 1.29 is 18.5 Å². The Bertz CT molecular complexity index is 753. The third-order valence-electron chi connectivity index (χ3n) is 2.95. The average molecular weight is 259 g/mol. The fourth-order valence-electron chi connectivity index (χ4n) is 2.21. The van der Waals surface area contributed by atoms with E-state index in [1.165, 1.54) is 0 Å². The Morgan fingerprint density at radius 2 is 2.16 bits per heavy atom. The zero-order chi connectivity index (χ0) is 13.4. The number of carbonyl (C=O) groups excluding carboxylic acids is 1. The number of aromatic nitrogens is 1. The van der Waals surface area contributed by atoms with Crippen molar-refractivity contribution in [2.75, 3.05) is 6.61 Å². The van der Waals surface area contributed by atoms with Crippen LogP contribution in [-0.4, -0.2) is 17.7 Å². The molecule has 5 heteroatoms. The van der Waals surface area contributed by atoms with Gasteiger partial charge in [-0.15, -0.1) is 0 Å². The predicted molar refractivity (Wildman–Crippen MR) is 68.9 cm³/mol. The van der Waals surface area contributed by atoms with E-state index in [4.69, 9.17) is 13.7 Å². The quantitative estimate of drug-likeness (QED) is 0.676. The summed E-state index contributed by atoms with van der Waals surface area (Å²) in [6, 6.07) is 5.55. The molecule has 1 aromatic carbocycles. The third kappa shape index (κ3) is 1.97. The van der Waals surface area contributed by atoms with Crippen LogP contribution in [0.3, 0.4) is 0 Å². The van der Waals surface area contributed by atoms with Gasteiger partial charge in [-0.3, -0.25) is 4.79 Å². The second-order valence-electron chi connectivity index (χ2n) is 4.32. The van der Waals surface area contributed by atoms with E-state index >= 15 is 0 Å². The summed E-state index contributed by atoms with van der Waals surface area (Å²) >= 11 is 0. The molecule has 3 rings (SSSR count). The number of nitrogens with zero attached hydrogens (tertiary/aromatic N) is 1. The van der Waals surface area contributed by atoms with Gasteiger partial charge in [-0.05, 0) is 32.0 Å². The van der Waals surface area contributed by atoms with Gasteiger partial charge in [0.05, 0.1) is 18.4 Å².